The van der Waals surface area contributed by atoms with Crippen LogP contribution in [0.1, 0.15) is 10.4 Å². The molecule has 3 amide bonds. The predicted octanol–water partition coefficient (Wildman–Crippen LogP) is 1.47. The zero-order valence-electron chi connectivity index (χ0n) is 14.3. The number of nitrogens with one attached hydrogen (secondary N) is 1. The first-order valence-electron chi connectivity index (χ1n) is 7.92. The van der Waals surface area contributed by atoms with Crippen molar-refractivity contribution >= 4 is 44.6 Å². The molecule has 1 aliphatic rings. The lowest BCUT2D eigenvalue weighted by Gasteiger charge is -2.35. The van der Waals surface area contributed by atoms with E-state index in [0.717, 1.165) is 6.20 Å². The monoisotopic (exact) mass is 425 g/mol. The first-order valence-corrected chi connectivity index (χ1v) is 8.71. The highest BCUT2D eigenvalue weighted by atomic mass is 79.9. The number of aromatic amines is 1. The zero-order chi connectivity index (χ0) is 19.0. The van der Waals surface area contributed by atoms with Crippen LogP contribution in [0.25, 0.3) is 10.9 Å². The van der Waals surface area contributed by atoms with Crippen molar-refractivity contribution < 1.29 is 18.8 Å². The van der Waals surface area contributed by atoms with Crippen LogP contribution in [0.3, 0.4) is 0 Å². The molecule has 0 aliphatic carbocycles. The summed E-state index contributed by atoms with van der Waals surface area (Å²) in [6, 6.07) is -0.139. The van der Waals surface area contributed by atoms with Crippen LogP contribution in [0, 0.1) is 5.82 Å². The van der Waals surface area contributed by atoms with Crippen LogP contribution in [-0.2, 0) is 4.79 Å². The quantitative estimate of drug-likeness (QED) is 0.448. The molecule has 0 bridgehead atoms. The van der Waals surface area contributed by atoms with Gasteiger partial charge < -0.3 is 19.7 Å². The number of pyridine rings is 1. The number of carbonyl (C=O) groups excluding carboxylic acids is 3. The number of halogens is 2. The summed E-state index contributed by atoms with van der Waals surface area (Å²) < 4.78 is 14.5. The van der Waals surface area contributed by atoms with Crippen molar-refractivity contribution in [2.75, 3.05) is 40.3 Å². The summed E-state index contributed by atoms with van der Waals surface area (Å²) in [6.07, 6.45) is 2.30. The smallest absolute Gasteiger partial charge is 0.319 e. The molecule has 1 fully saturated rings. The molecule has 1 N–H and O–H groups in total. The molecule has 3 rings (SSSR count). The lowest BCUT2D eigenvalue weighted by atomic mass is 10.1. The van der Waals surface area contributed by atoms with E-state index in [9.17, 15) is 18.8 Å². The summed E-state index contributed by atoms with van der Waals surface area (Å²) in [5.74, 6) is -2.18. The number of hydrogen-bond acceptors (Lipinski definition) is 4. The highest BCUT2D eigenvalue weighted by Crippen LogP contribution is 2.27. The van der Waals surface area contributed by atoms with Gasteiger partial charge in [0.25, 0.3) is 11.7 Å². The molecule has 0 unspecified atom stereocenters. The van der Waals surface area contributed by atoms with Crippen molar-refractivity contribution in [1.29, 1.82) is 0 Å². The predicted molar refractivity (Wildman–Crippen MR) is 95.3 cm³/mol. The summed E-state index contributed by atoms with van der Waals surface area (Å²) in [5.41, 5.74) is 0.292. The molecule has 0 spiro atoms. The van der Waals surface area contributed by atoms with Crippen molar-refractivity contribution in [3.05, 3.63) is 28.4 Å². The van der Waals surface area contributed by atoms with Gasteiger partial charge >= 0.3 is 6.03 Å². The number of hydrogen-bond donors (Lipinski definition) is 1. The third-order valence-corrected chi connectivity index (χ3v) is 4.88. The van der Waals surface area contributed by atoms with Gasteiger partial charge in [-0.1, -0.05) is 0 Å². The van der Waals surface area contributed by atoms with E-state index >= 15 is 0 Å². The Morgan fingerprint density at radius 2 is 1.81 bits per heavy atom. The van der Waals surface area contributed by atoms with Gasteiger partial charge in [-0.15, -0.1) is 0 Å². The van der Waals surface area contributed by atoms with Gasteiger partial charge in [0.2, 0.25) is 0 Å². The Kier molecular flexibility index (Phi) is 4.94. The SMILES string of the molecule is CN(C)C(=O)N1CCN(C(=O)C(=O)c2c[nH]c3c(Br)ncc(F)c23)CC1. The Bertz CT molecular complexity index is 889. The summed E-state index contributed by atoms with van der Waals surface area (Å²) in [6.45, 7) is 1.18. The molecule has 2 aromatic rings. The van der Waals surface area contributed by atoms with Crippen molar-refractivity contribution in [2.24, 2.45) is 0 Å². The second kappa shape index (κ2) is 7.02. The van der Waals surface area contributed by atoms with E-state index in [1.54, 1.807) is 19.0 Å². The standard InChI is InChI=1S/C16H17BrFN5O3/c1-21(2)16(26)23-5-3-22(4-6-23)15(25)13(24)9-7-19-12-11(9)10(18)8-20-14(12)17/h7-8,19H,3-6H2,1-2H3. The fourth-order valence-corrected chi connectivity index (χ4v) is 3.31. The summed E-state index contributed by atoms with van der Waals surface area (Å²) >= 11 is 3.18. The van der Waals surface area contributed by atoms with Crippen LogP contribution in [0.15, 0.2) is 17.0 Å². The molecular formula is C16H17BrFN5O3. The minimum Gasteiger partial charge on any atom is -0.358 e. The lowest BCUT2D eigenvalue weighted by molar-refractivity contribution is -0.127. The Morgan fingerprint density at radius 3 is 2.42 bits per heavy atom. The number of urea groups is 1. The van der Waals surface area contributed by atoms with E-state index in [0.29, 0.717) is 23.2 Å². The number of H-pyrrole nitrogens is 1. The number of carbonyl (C=O) groups is 3. The summed E-state index contributed by atoms with van der Waals surface area (Å²) in [4.78, 5) is 48.1. The van der Waals surface area contributed by atoms with Gasteiger partial charge in [-0.05, 0) is 15.9 Å². The first kappa shape index (κ1) is 18.3. The minimum absolute atomic E-state index is 0.0302. The Balaban J connectivity index is 1.77. The van der Waals surface area contributed by atoms with Crippen molar-refractivity contribution in [3.63, 3.8) is 0 Å². The number of piperazine rings is 1. The van der Waals surface area contributed by atoms with Gasteiger partial charge in [-0.2, -0.15) is 0 Å². The second-order valence-electron chi connectivity index (χ2n) is 6.13. The van der Waals surface area contributed by atoms with Gasteiger partial charge in [0.05, 0.1) is 22.7 Å². The largest absolute Gasteiger partial charge is 0.358 e. The molecule has 1 saturated heterocycles. The van der Waals surface area contributed by atoms with Gasteiger partial charge in [0, 0.05) is 46.5 Å². The zero-order valence-corrected chi connectivity index (χ0v) is 15.8. The first-order chi connectivity index (χ1) is 12.3. The highest BCUT2D eigenvalue weighted by molar-refractivity contribution is 9.10. The molecule has 3 heterocycles. The van der Waals surface area contributed by atoms with Gasteiger partial charge in [-0.25, -0.2) is 14.2 Å². The third-order valence-electron chi connectivity index (χ3n) is 4.28. The van der Waals surface area contributed by atoms with E-state index in [1.165, 1.54) is 16.0 Å². The van der Waals surface area contributed by atoms with Crippen LogP contribution in [0.4, 0.5) is 9.18 Å². The molecule has 8 nitrogen and oxygen atoms in total. The van der Waals surface area contributed by atoms with Gasteiger partial charge in [-0.3, -0.25) is 9.59 Å². The average molecular weight is 426 g/mol. The Labute approximate surface area is 157 Å². The van der Waals surface area contributed by atoms with Gasteiger partial charge in [0.1, 0.15) is 4.60 Å². The number of ketones is 1. The van der Waals surface area contributed by atoms with Crippen molar-refractivity contribution in [3.8, 4) is 0 Å². The Hall–Kier alpha value is -2.49. The molecular weight excluding hydrogens is 409 g/mol. The van der Waals surface area contributed by atoms with E-state index in [1.807, 2.05) is 0 Å². The number of fused-ring (bicyclic) bond motifs is 1. The molecule has 10 heteroatoms. The van der Waals surface area contributed by atoms with E-state index < -0.39 is 17.5 Å². The molecule has 0 aromatic carbocycles. The second-order valence-corrected chi connectivity index (χ2v) is 6.89. The van der Waals surface area contributed by atoms with Crippen LogP contribution < -0.4 is 0 Å². The molecule has 2 aromatic heterocycles. The van der Waals surface area contributed by atoms with Crippen molar-refractivity contribution in [1.82, 2.24) is 24.7 Å². The molecule has 0 saturated carbocycles. The van der Waals surface area contributed by atoms with Crippen molar-refractivity contribution in [2.45, 2.75) is 0 Å². The number of aromatic nitrogens is 2. The maximum atomic E-state index is 14.1. The fourth-order valence-electron chi connectivity index (χ4n) is 2.90. The maximum Gasteiger partial charge on any atom is 0.319 e. The number of nitrogens with zero attached hydrogens (tertiary/aromatic N) is 4. The number of rotatable bonds is 2. The Morgan fingerprint density at radius 1 is 1.19 bits per heavy atom. The average Bonchev–Trinajstić information content (AvgIpc) is 3.09. The highest BCUT2D eigenvalue weighted by Gasteiger charge is 2.31. The fraction of sp³-hybridized carbons (Fsp3) is 0.375. The number of amides is 3. The lowest BCUT2D eigenvalue weighted by Crippen LogP contribution is -2.54. The van der Waals surface area contributed by atoms with Crippen LogP contribution in [0.2, 0.25) is 0 Å². The van der Waals surface area contributed by atoms with E-state index in [4.69, 9.17) is 0 Å². The summed E-state index contributed by atoms with van der Waals surface area (Å²) in [5, 5.41) is 0.0339. The van der Waals surface area contributed by atoms with Crippen LogP contribution in [-0.4, -0.2) is 82.7 Å². The van der Waals surface area contributed by atoms with E-state index in [2.05, 4.69) is 25.9 Å². The summed E-state index contributed by atoms with van der Waals surface area (Å²) in [7, 11) is 3.31. The topological polar surface area (TPSA) is 89.6 Å². The van der Waals surface area contributed by atoms with Crippen LogP contribution in [0.5, 0.6) is 0 Å². The molecule has 26 heavy (non-hydrogen) atoms. The molecule has 138 valence electrons. The normalized spacial score (nSPS) is 14.6. The molecule has 0 radical (unpaired) electrons. The minimum atomic E-state index is -0.791. The van der Waals surface area contributed by atoms with E-state index in [-0.39, 0.29) is 30.1 Å². The number of Topliss-reactive ketones (excluding diaryl/α,β-unsaturated/α-hetero) is 1. The molecule has 0 atom stereocenters. The maximum absolute atomic E-state index is 14.1. The third kappa shape index (κ3) is 3.16. The van der Waals surface area contributed by atoms with Gasteiger partial charge in [0.15, 0.2) is 5.82 Å². The van der Waals surface area contributed by atoms with Crippen LogP contribution >= 0.6 is 15.9 Å². The molecule has 1 aliphatic heterocycles.